The van der Waals surface area contributed by atoms with E-state index in [0.29, 0.717) is 11.1 Å². The molecular formula is C23H20N2O4. The van der Waals surface area contributed by atoms with Crippen molar-refractivity contribution in [1.82, 2.24) is 9.78 Å². The van der Waals surface area contributed by atoms with Crippen LogP contribution in [0, 0.1) is 13.8 Å². The van der Waals surface area contributed by atoms with Gasteiger partial charge in [0.25, 0.3) is 5.56 Å². The molecule has 0 unspecified atom stereocenters. The van der Waals surface area contributed by atoms with Gasteiger partial charge >= 0.3 is 5.97 Å². The maximum absolute atomic E-state index is 13.0. The molecule has 6 heteroatoms. The summed E-state index contributed by atoms with van der Waals surface area (Å²) in [5.41, 5.74) is 3.68. The normalized spacial score (nSPS) is 11.0. The summed E-state index contributed by atoms with van der Waals surface area (Å²) in [6.07, 6.45) is 0. The van der Waals surface area contributed by atoms with E-state index in [4.69, 9.17) is 4.42 Å². The number of fused-ring (bicyclic) bond motifs is 1. The van der Waals surface area contributed by atoms with Gasteiger partial charge in [0.05, 0.1) is 18.2 Å². The number of carbonyl (C=O) groups excluding carboxylic acids is 1. The molecule has 4 rings (SSSR count). The van der Waals surface area contributed by atoms with Gasteiger partial charge in [-0.2, -0.15) is 5.10 Å². The molecule has 6 nitrogen and oxygen atoms in total. The van der Waals surface area contributed by atoms with Crippen molar-refractivity contribution in [2.24, 2.45) is 0 Å². The second kappa shape index (κ2) is 7.39. The summed E-state index contributed by atoms with van der Waals surface area (Å²) in [7, 11) is 1.29. The molecule has 0 spiro atoms. The average molecular weight is 388 g/mol. The lowest BCUT2D eigenvalue weighted by atomic mass is 9.99. The van der Waals surface area contributed by atoms with Crippen LogP contribution < -0.4 is 5.56 Å². The van der Waals surface area contributed by atoms with Crippen LogP contribution in [0.5, 0.6) is 0 Å². The first-order valence-corrected chi connectivity index (χ1v) is 9.22. The molecular weight excluding hydrogens is 368 g/mol. The molecule has 0 aliphatic heterocycles. The Morgan fingerprint density at radius 2 is 1.83 bits per heavy atom. The van der Waals surface area contributed by atoms with E-state index in [1.165, 1.54) is 17.9 Å². The fourth-order valence-corrected chi connectivity index (χ4v) is 3.35. The van der Waals surface area contributed by atoms with Gasteiger partial charge in [0, 0.05) is 10.9 Å². The van der Waals surface area contributed by atoms with Crippen LogP contribution >= 0.6 is 0 Å². The highest BCUT2D eigenvalue weighted by molar-refractivity contribution is 5.94. The van der Waals surface area contributed by atoms with Crippen molar-refractivity contribution in [3.8, 4) is 11.3 Å². The van der Waals surface area contributed by atoms with Gasteiger partial charge in [-0.3, -0.25) is 4.79 Å². The first kappa shape index (κ1) is 18.7. The minimum atomic E-state index is -0.564. The molecule has 0 atom stereocenters. The third-order valence-corrected chi connectivity index (χ3v) is 4.87. The molecule has 2 aromatic heterocycles. The average Bonchev–Trinajstić information content (AvgIpc) is 3.20. The first-order valence-electron chi connectivity index (χ1n) is 9.22. The molecule has 0 aliphatic carbocycles. The zero-order valence-corrected chi connectivity index (χ0v) is 16.4. The van der Waals surface area contributed by atoms with Crippen molar-refractivity contribution in [1.29, 1.82) is 0 Å². The Morgan fingerprint density at radius 3 is 2.59 bits per heavy atom. The standard InChI is InChI=1S/C23H20N2O4/c1-14-8-9-15(2)19(12-14)21-17-6-4-5-7-18(17)22(26)25(24-21)13-16-10-11-20(29-16)23(27)28-3/h4-12H,13H2,1-3H3. The zero-order valence-electron chi connectivity index (χ0n) is 16.4. The predicted molar refractivity (Wildman–Crippen MR) is 110 cm³/mol. The summed E-state index contributed by atoms with van der Waals surface area (Å²) in [6.45, 7) is 4.16. The molecule has 4 aromatic rings. The van der Waals surface area contributed by atoms with Crippen LogP contribution in [0.25, 0.3) is 22.0 Å². The van der Waals surface area contributed by atoms with Crippen LogP contribution in [0.4, 0.5) is 0 Å². The minimum absolute atomic E-state index is 0.0890. The van der Waals surface area contributed by atoms with Crippen molar-refractivity contribution in [2.75, 3.05) is 7.11 Å². The fourth-order valence-electron chi connectivity index (χ4n) is 3.35. The monoisotopic (exact) mass is 388 g/mol. The Labute approximate surface area is 167 Å². The molecule has 0 fully saturated rings. The van der Waals surface area contributed by atoms with E-state index < -0.39 is 5.97 Å². The number of methoxy groups -OCH3 is 1. The van der Waals surface area contributed by atoms with E-state index in [2.05, 4.69) is 15.9 Å². The summed E-state index contributed by atoms with van der Waals surface area (Å²) in [5, 5.41) is 6.05. The maximum Gasteiger partial charge on any atom is 0.373 e. The van der Waals surface area contributed by atoms with Crippen LogP contribution in [-0.2, 0) is 11.3 Å². The number of esters is 1. The van der Waals surface area contributed by atoms with E-state index in [9.17, 15) is 9.59 Å². The summed E-state index contributed by atoms with van der Waals surface area (Å²) >= 11 is 0. The van der Waals surface area contributed by atoms with E-state index >= 15 is 0 Å². The number of ether oxygens (including phenoxy) is 1. The molecule has 0 bridgehead atoms. The van der Waals surface area contributed by atoms with Gasteiger partial charge in [-0.25, -0.2) is 9.48 Å². The molecule has 146 valence electrons. The first-order chi connectivity index (χ1) is 14.0. The number of hydrogen-bond donors (Lipinski definition) is 0. The Morgan fingerprint density at radius 1 is 1.07 bits per heavy atom. The molecule has 29 heavy (non-hydrogen) atoms. The lowest BCUT2D eigenvalue weighted by molar-refractivity contribution is 0.0562. The topological polar surface area (TPSA) is 74.3 Å². The summed E-state index contributed by atoms with van der Waals surface area (Å²) in [6, 6.07) is 16.8. The smallest absolute Gasteiger partial charge is 0.373 e. The molecule has 0 saturated carbocycles. The quantitative estimate of drug-likeness (QED) is 0.492. The second-order valence-corrected chi connectivity index (χ2v) is 6.93. The van der Waals surface area contributed by atoms with Crippen molar-refractivity contribution in [3.05, 3.63) is 87.6 Å². The van der Waals surface area contributed by atoms with Gasteiger partial charge in [-0.05, 0) is 43.7 Å². The zero-order chi connectivity index (χ0) is 20.5. The lowest BCUT2D eigenvalue weighted by Gasteiger charge is -2.13. The van der Waals surface area contributed by atoms with Gasteiger partial charge in [0.15, 0.2) is 0 Å². The van der Waals surface area contributed by atoms with E-state index in [0.717, 1.165) is 27.8 Å². The Bertz CT molecular complexity index is 1280. The van der Waals surface area contributed by atoms with Crippen LogP contribution in [0.3, 0.4) is 0 Å². The number of benzene rings is 2. The molecule has 0 N–H and O–H groups in total. The van der Waals surface area contributed by atoms with Crippen molar-refractivity contribution in [2.45, 2.75) is 20.4 Å². The highest BCUT2D eigenvalue weighted by Crippen LogP contribution is 2.28. The molecule has 2 aromatic carbocycles. The summed E-state index contributed by atoms with van der Waals surface area (Å²) < 4.78 is 11.6. The third-order valence-electron chi connectivity index (χ3n) is 4.87. The van der Waals surface area contributed by atoms with Crippen LogP contribution in [0.15, 0.2) is 63.8 Å². The van der Waals surface area contributed by atoms with Gasteiger partial charge in [0.1, 0.15) is 12.3 Å². The van der Waals surface area contributed by atoms with Gasteiger partial charge in [-0.1, -0.05) is 35.9 Å². The van der Waals surface area contributed by atoms with E-state index in [1.807, 2.05) is 44.2 Å². The molecule has 0 amide bonds. The maximum atomic E-state index is 13.0. The molecule has 0 saturated heterocycles. The van der Waals surface area contributed by atoms with Crippen molar-refractivity contribution >= 4 is 16.7 Å². The minimum Gasteiger partial charge on any atom is -0.463 e. The highest BCUT2D eigenvalue weighted by atomic mass is 16.5. The number of rotatable bonds is 4. The summed E-state index contributed by atoms with van der Waals surface area (Å²) in [4.78, 5) is 24.7. The number of carbonyl (C=O) groups is 1. The second-order valence-electron chi connectivity index (χ2n) is 6.93. The molecule has 0 radical (unpaired) electrons. The van der Waals surface area contributed by atoms with Crippen molar-refractivity contribution in [3.63, 3.8) is 0 Å². The van der Waals surface area contributed by atoms with Crippen LogP contribution in [0.1, 0.15) is 27.4 Å². The number of nitrogens with zero attached hydrogens (tertiary/aromatic N) is 2. The van der Waals surface area contributed by atoms with E-state index in [-0.39, 0.29) is 17.9 Å². The van der Waals surface area contributed by atoms with E-state index in [1.54, 1.807) is 12.1 Å². The Balaban J connectivity index is 1.88. The van der Waals surface area contributed by atoms with Crippen LogP contribution in [-0.4, -0.2) is 22.9 Å². The van der Waals surface area contributed by atoms with Crippen LogP contribution in [0.2, 0.25) is 0 Å². The molecule has 0 aliphatic rings. The lowest BCUT2D eigenvalue weighted by Crippen LogP contribution is -2.24. The Hall–Kier alpha value is -3.67. The number of furan rings is 1. The predicted octanol–water partition coefficient (Wildman–Crippen LogP) is 4.11. The summed E-state index contributed by atoms with van der Waals surface area (Å²) in [5.74, 6) is -0.0283. The van der Waals surface area contributed by atoms with Gasteiger partial charge in [0.2, 0.25) is 5.76 Å². The number of hydrogen-bond acceptors (Lipinski definition) is 5. The highest BCUT2D eigenvalue weighted by Gasteiger charge is 2.16. The Kier molecular flexibility index (Phi) is 4.76. The third kappa shape index (κ3) is 3.45. The fraction of sp³-hybridized carbons (Fsp3) is 0.174. The number of aromatic nitrogens is 2. The van der Waals surface area contributed by atoms with Gasteiger partial charge in [-0.15, -0.1) is 0 Å². The van der Waals surface area contributed by atoms with Gasteiger partial charge < -0.3 is 9.15 Å². The number of aryl methyl sites for hydroxylation is 2. The van der Waals surface area contributed by atoms with Crippen molar-refractivity contribution < 1.29 is 13.9 Å². The molecule has 2 heterocycles. The largest absolute Gasteiger partial charge is 0.463 e. The SMILES string of the molecule is COC(=O)c1ccc(Cn2nc(-c3cc(C)ccc3C)c3ccccc3c2=O)o1.